The fraction of sp³-hybridized carbons (Fsp3) is 0.250. The van der Waals surface area contributed by atoms with Crippen molar-refractivity contribution in [2.45, 2.75) is 13.5 Å². The van der Waals surface area contributed by atoms with Gasteiger partial charge in [-0.15, -0.1) is 11.3 Å². The number of rotatable bonds is 3. The van der Waals surface area contributed by atoms with Gasteiger partial charge in [0.1, 0.15) is 0 Å². The Bertz CT molecular complexity index is 524. The smallest absolute Gasteiger partial charge is 0.152 e. The van der Waals surface area contributed by atoms with Crippen molar-refractivity contribution in [2.75, 3.05) is 17.7 Å². The average molecular weight is 268 g/mol. The predicted octanol–water partition coefficient (Wildman–Crippen LogP) is 3.32. The highest BCUT2D eigenvalue weighted by molar-refractivity contribution is 7.16. The van der Waals surface area contributed by atoms with E-state index in [1.165, 1.54) is 4.88 Å². The molecule has 5 heteroatoms. The number of nitrogen functional groups attached to an aromatic ring is 1. The first kappa shape index (κ1) is 12.2. The molecule has 0 saturated heterocycles. The number of thiophene rings is 1. The largest absolute Gasteiger partial charge is 0.396 e. The van der Waals surface area contributed by atoms with Crippen molar-refractivity contribution in [3.8, 4) is 0 Å². The number of pyridine rings is 1. The van der Waals surface area contributed by atoms with Crippen LogP contribution in [0.3, 0.4) is 0 Å². The first-order valence-corrected chi connectivity index (χ1v) is 6.44. The van der Waals surface area contributed by atoms with Crippen molar-refractivity contribution in [2.24, 2.45) is 0 Å². The lowest BCUT2D eigenvalue weighted by atomic mass is 10.3. The topological polar surface area (TPSA) is 42.1 Å². The first-order chi connectivity index (χ1) is 8.06. The number of aryl methyl sites for hydroxylation is 1. The van der Waals surface area contributed by atoms with Crippen molar-refractivity contribution in [3.05, 3.63) is 39.2 Å². The molecule has 0 aliphatic heterocycles. The van der Waals surface area contributed by atoms with E-state index in [4.69, 9.17) is 17.3 Å². The molecule has 0 spiro atoms. The predicted molar refractivity (Wildman–Crippen MR) is 74.8 cm³/mol. The third kappa shape index (κ3) is 2.90. The van der Waals surface area contributed by atoms with Gasteiger partial charge in [0.05, 0.1) is 16.6 Å². The summed E-state index contributed by atoms with van der Waals surface area (Å²) in [7, 11) is 1.98. The second-order valence-corrected chi connectivity index (χ2v) is 5.73. The Balaban J connectivity index is 2.19. The van der Waals surface area contributed by atoms with E-state index in [0.29, 0.717) is 5.69 Å². The number of halogens is 1. The zero-order valence-electron chi connectivity index (χ0n) is 9.77. The van der Waals surface area contributed by atoms with E-state index in [1.54, 1.807) is 11.3 Å². The number of hydrogen-bond donors (Lipinski definition) is 1. The van der Waals surface area contributed by atoms with E-state index in [1.807, 2.05) is 43.1 Å². The minimum atomic E-state index is 0.695. The summed E-state index contributed by atoms with van der Waals surface area (Å²) in [6.45, 7) is 2.72. The van der Waals surface area contributed by atoms with Crippen molar-refractivity contribution in [1.82, 2.24) is 4.98 Å². The molecule has 17 heavy (non-hydrogen) atoms. The number of nitrogens with zero attached hydrogens (tertiary/aromatic N) is 2. The standard InChI is InChI=1S/C12H14ClN3S/c1-8-3-5-10(14)12(15-8)16(2)7-9-4-6-11(13)17-9/h3-6H,7,14H2,1-2H3. The summed E-state index contributed by atoms with van der Waals surface area (Å²) in [5.41, 5.74) is 7.58. The lowest BCUT2D eigenvalue weighted by Crippen LogP contribution is -2.18. The number of aromatic nitrogens is 1. The van der Waals surface area contributed by atoms with Crippen LogP contribution < -0.4 is 10.6 Å². The van der Waals surface area contributed by atoms with E-state index in [9.17, 15) is 0 Å². The highest BCUT2D eigenvalue weighted by Crippen LogP contribution is 2.26. The molecule has 2 aromatic rings. The highest BCUT2D eigenvalue weighted by Gasteiger charge is 2.09. The summed E-state index contributed by atoms with van der Waals surface area (Å²) in [6.07, 6.45) is 0. The van der Waals surface area contributed by atoms with Gasteiger partial charge in [-0.2, -0.15) is 0 Å². The molecule has 0 amide bonds. The van der Waals surface area contributed by atoms with Crippen LogP contribution in [0, 0.1) is 6.92 Å². The van der Waals surface area contributed by atoms with Crippen molar-refractivity contribution < 1.29 is 0 Å². The van der Waals surface area contributed by atoms with Crippen LogP contribution in [0.25, 0.3) is 0 Å². The molecule has 0 bridgehead atoms. The maximum Gasteiger partial charge on any atom is 0.152 e. The zero-order chi connectivity index (χ0) is 12.4. The molecule has 0 unspecified atom stereocenters. The maximum absolute atomic E-state index is 5.92. The van der Waals surface area contributed by atoms with Gasteiger partial charge in [0.25, 0.3) is 0 Å². The molecule has 0 fully saturated rings. The molecule has 0 aromatic carbocycles. The quantitative estimate of drug-likeness (QED) is 0.928. The van der Waals surface area contributed by atoms with Gasteiger partial charge >= 0.3 is 0 Å². The van der Waals surface area contributed by atoms with Gasteiger partial charge in [-0.25, -0.2) is 4.98 Å². The summed E-state index contributed by atoms with van der Waals surface area (Å²) in [5, 5.41) is 0. The Morgan fingerprint density at radius 2 is 2.12 bits per heavy atom. The van der Waals surface area contributed by atoms with Crippen LogP contribution >= 0.6 is 22.9 Å². The van der Waals surface area contributed by atoms with Crippen LogP contribution in [0.1, 0.15) is 10.6 Å². The van der Waals surface area contributed by atoms with Crippen LogP contribution in [-0.2, 0) is 6.54 Å². The molecule has 2 heterocycles. The van der Waals surface area contributed by atoms with Gasteiger partial charge in [0.2, 0.25) is 0 Å². The number of hydrogen-bond acceptors (Lipinski definition) is 4. The van der Waals surface area contributed by atoms with Gasteiger partial charge < -0.3 is 10.6 Å². The Kier molecular flexibility index (Phi) is 3.54. The van der Waals surface area contributed by atoms with E-state index in [2.05, 4.69) is 4.98 Å². The fourth-order valence-corrected chi connectivity index (χ4v) is 2.75. The van der Waals surface area contributed by atoms with Crippen LogP contribution in [0.15, 0.2) is 24.3 Å². The molecular weight excluding hydrogens is 254 g/mol. The first-order valence-electron chi connectivity index (χ1n) is 5.25. The molecule has 0 atom stereocenters. The lowest BCUT2D eigenvalue weighted by Gasteiger charge is -2.19. The van der Waals surface area contributed by atoms with Crippen LogP contribution in [-0.4, -0.2) is 12.0 Å². The average Bonchev–Trinajstić information content (AvgIpc) is 2.67. The second-order valence-electron chi connectivity index (χ2n) is 3.93. The fourth-order valence-electron chi connectivity index (χ4n) is 1.60. The van der Waals surface area contributed by atoms with Gasteiger partial charge in [-0.1, -0.05) is 11.6 Å². The van der Waals surface area contributed by atoms with Crippen LogP contribution in [0.4, 0.5) is 11.5 Å². The summed E-state index contributed by atoms with van der Waals surface area (Å²) < 4.78 is 0.804. The minimum Gasteiger partial charge on any atom is -0.396 e. The molecule has 2 rings (SSSR count). The molecule has 3 nitrogen and oxygen atoms in total. The van der Waals surface area contributed by atoms with Crippen molar-refractivity contribution in [3.63, 3.8) is 0 Å². The minimum absolute atomic E-state index is 0.695. The van der Waals surface area contributed by atoms with Crippen molar-refractivity contribution in [1.29, 1.82) is 0 Å². The molecular formula is C12H14ClN3S. The molecule has 90 valence electrons. The third-order valence-electron chi connectivity index (χ3n) is 2.43. The second kappa shape index (κ2) is 4.94. The number of nitrogens with two attached hydrogens (primary N) is 1. The van der Waals surface area contributed by atoms with E-state index < -0.39 is 0 Å². The molecule has 0 saturated carbocycles. The van der Waals surface area contributed by atoms with Crippen LogP contribution in [0.5, 0.6) is 0 Å². The molecule has 2 N–H and O–H groups in total. The van der Waals surface area contributed by atoms with E-state index in [-0.39, 0.29) is 0 Å². The summed E-state index contributed by atoms with van der Waals surface area (Å²) in [6, 6.07) is 7.72. The Morgan fingerprint density at radius 1 is 1.35 bits per heavy atom. The summed E-state index contributed by atoms with van der Waals surface area (Å²) in [5.74, 6) is 0.814. The Morgan fingerprint density at radius 3 is 2.76 bits per heavy atom. The van der Waals surface area contributed by atoms with E-state index in [0.717, 1.165) is 22.4 Å². The Hall–Kier alpha value is -1.26. The van der Waals surface area contributed by atoms with Gasteiger partial charge in [-0.3, -0.25) is 0 Å². The van der Waals surface area contributed by atoms with Crippen LogP contribution in [0.2, 0.25) is 4.34 Å². The SMILES string of the molecule is Cc1ccc(N)c(N(C)Cc2ccc(Cl)s2)n1. The zero-order valence-corrected chi connectivity index (χ0v) is 11.3. The van der Waals surface area contributed by atoms with E-state index >= 15 is 0 Å². The molecule has 2 aromatic heterocycles. The lowest BCUT2D eigenvalue weighted by molar-refractivity contribution is 0.908. The Labute approximate surface area is 110 Å². The normalized spacial score (nSPS) is 10.5. The maximum atomic E-state index is 5.92. The van der Waals surface area contributed by atoms with Gasteiger partial charge in [0, 0.05) is 17.6 Å². The van der Waals surface area contributed by atoms with Crippen molar-refractivity contribution >= 4 is 34.4 Å². The molecule has 0 aliphatic carbocycles. The van der Waals surface area contributed by atoms with Gasteiger partial charge in [-0.05, 0) is 31.2 Å². The monoisotopic (exact) mass is 267 g/mol. The number of anilines is 2. The molecule has 0 aliphatic rings. The summed E-state index contributed by atoms with van der Waals surface area (Å²) in [4.78, 5) is 7.68. The highest BCUT2D eigenvalue weighted by atomic mass is 35.5. The summed E-state index contributed by atoms with van der Waals surface area (Å²) >= 11 is 7.48. The molecule has 0 radical (unpaired) electrons. The third-order valence-corrected chi connectivity index (χ3v) is 3.64. The van der Waals surface area contributed by atoms with Gasteiger partial charge in [0.15, 0.2) is 5.82 Å².